The summed E-state index contributed by atoms with van der Waals surface area (Å²) < 4.78 is 17.1. The molecule has 7 heteroatoms. The van der Waals surface area contributed by atoms with Crippen LogP contribution in [0.2, 0.25) is 5.02 Å². The van der Waals surface area contributed by atoms with Gasteiger partial charge in [-0.25, -0.2) is 4.79 Å². The van der Waals surface area contributed by atoms with Crippen molar-refractivity contribution in [2.75, 3.05) is 11.9 Å². The SMILES string of the molecule is O=C(COC(=O)c1ccc(Cl)cc1)Nc1ccc2c(c1)OC1(CCCCC1)O2. The Morgan fingerprint density at radius 2 is 1.71 bits per heavy atom. The van der Waals surface area contributed by atoms with E-state index in [9.17, 15) is 9.59 Å². The van der Waals surface area contributed by atoms with Gasteiger partial charge in [-0.3, -0.25) is 4.79 Å². The summed E-state index contributed by atoms with van der Waals surface area (Å²) in [5, 5.41) is 3.23. The Hall–Kier alpha value is -2.73. The summed E-state index contributed by atoms with van der Waals surface area (Å²) in [6, 6.07) is 11.5. The van der Waals surface area contributed by atoms with Crippen LogP contribution >= 0.6 is 11.6 Å². The van der Waals surface area contributed by atoms with E-state index in [2.05, 4.69) is 5.32 Å². The largest absolute Gasteiger partial charge is 0.452 e. The van der Waals surface area contributed by atoms with Crippen molar-refractivity contribution >= 4 is 29.2 Å². The highest BCUT2D eigenvalue weighted by Crippen LogP contribution is 2.46. The van der Waals surface area contributed by atoms with Crippen molar-refractivity contribution in [2.24, 2.45) is 0 Å². The Morgan fingerprint density at radius 3 is 2.46 bits per heavy atom. The normalized spacial score (nSPS) is 16.6. The monoisotopic (exact) mass is 401 g/mol. The predicted molar refractivity (Wildman–Crippen MR) is 104 cm³/mol. The minimum Gasteiger partial charge on any atom is -0.452 e. The molecule has 1 aliphatic heterocycles. The zero-order valence-electron chi connectivity index (χ0n) is 15.2. The number of nitrogens with one attached hydrogen (secondary N) is 1. The van der Waals surface area contributed by atoms with Gasteiger partial charge in [-0.1, -0.05) is 18.0 Å². The molecule has 0 unspecified atom stereocenters. The van der Waals surface area contributed by atoms with Gasteiger partial charge in [0.15, 0.2) is 18.1 Å². The Morgan fingerprint density at radius 1 is 1.00 bits per heavy atom. The van der Waals surface area contributed by atoms with Crippen LogP contribution in [-0.4, -0.2) is 24.3 Å². The molecule has 28 heavy (non-hydrogen) atoms. The second-order valence-corrected chi connectivity index (χ2v) is 7.40. The molecule has 0 bridgehead atoms. The smallest absolute Gasteiger partial charge is 0.338 e. The summed E-state index contributed by atoms with van der Waals surface area (Å²) in [6.07, 6.45) is 5.09. The molecule has 1 spiro atoms. The van der Waals surface area contributed by atoms with Crippen molar-refractivity contribution in [1.82, 2.24) is 0 Å². The van der Waals surface area contributed by atoms with E-state index < -0.39 is 17.7 Å². The van der Waals surface area contributed by atoms with Gasteiger partial charge < -0.3 is 19.5 Å². The quantitative estimate of drug-likeness (QED) is 0.760. The highest BCUT2D eigenvalue weighted by Gasteiger charge is 2.42. The lowest BCUT2D eigenvalue weighted by Gasteiger charge is -2.31. The van der Waals surface area contributed by atoms with Gasteiger partial charge in [0.05, 0.1) is 5.56 Å². The maximum atomic E-state index is 12.1. The van der Waals surface area contributed by atoms with Gasteiger partial charge in [0.2, 0.25) is 0 Å². The van der Waals surface area contributed by atoms with E-state index in [0.717, 1.165) is 25.7 Å². The van der Waals surface area contributed by atoms with Crippen molar-refractivity contribution in [3.63, 3.8) is 0 Å². The Kier molecular flexibility index (Phi) is 5.13. The molecule has 1 fully saturated rings. The van der Waals surface area contributed by atoms with Gasteiger partial charge >= 0.3 is 5.97 Å². The number of fused-ring (bicyclic) bond motifs is 1. The van der Waals surface area contributed by atoms with Crippen LogP contribution in [0, 0.1) is 0 Å². The first-order valence-electron chi connectivity index (χ1n) is 9.28. The Balaban J connectivity index is 1.32. The molecule has 4 rings (SSSR count). The lowest BCUT2D eigenvalue weighted by atomic mass is 9.94. The average Bonchev–Trinajstić information content (AvgIpc) is 3.03. The van der Waals surface area contributed by atoms with Gasteiger partial charge in [0, 0.05) is 29.6 Å². The molecular formula is C21H20ClNO5. The van der Waals surface area contributed by atoms with Gasteiger partial charge in [0.1, 0.15) is 0 Å². The summed E-state index contributed by atoms with van der Waals surface area (Å²) in [5.41, 5.74) is 0.890. The standard InChI is InChI=1S/C21H20ClNO5/c22-15-6-4-14(5-7-15)20(25)26-13-19(24)23-16-8-9-17-18(12-16)28-21(27-17)10-2-1-3-11-21/h4-9,12H,1-3,10-11,13H2,(H,23,24). The fourth-order valence-electron chi connectivity index (χ4n) is 3.46. The molecule has 6 nitrogen and oxygen atoms in total. The van der Waals surface area contributed by atoms with E-state index in [-0.39, 0.29) is 6.61 Å². The summed E-state index contributed by atoms with van der Waals surface area (Å²) in [6.45, 7) is -0.389. The Bertz CT molecular complexity index is 890. The summed E-state index contributed by atoms with van der Waals surface area (Å²) in [7, 11) is 0. The molecule has 1 saturated carbocycles. The summed E-state index contributed by atoms with van der Waals surface area (Å²) in [5.74, 6) is -0.269. The van der Waals surface area contributed by atoms with Crippen LogP contribution in [0.25, 0.3) is 0 Å². The van der Waals surface area contributed by atoms with E-state index >= 15 is 0 Å². The van der Waals surface area contributed by atoms with E-state index in [1.165, 1.54) is 6.42 Å². The first-order chi connectivity index (χ1) is 13.5. The predicted octanol–water partition coefficient (Wildman–Crippen LogP) is 4.57. The van der Waals surface area contributed by atoms with Gasteiger partial charge in [-0.2, -0.15) is 0 Å². The number of halogens is 1. The Labute approximate surface area is 167 Å². The number of hydrogen-bond acceptors (Lipinski definition) is 5. The third-order valence-corrected chi connectivity index (χ3v) is 5.10. The highest BCUT2D eigenvalue weighted by atomic mass is 35.5. The number of anilines is 1. The topological polar surface area (TPSA) is 73.9 Å². The number of carbonyl (C=O) groups excluding carboxylic acids is 2. The molecule has 0 saturated heterocycles. The number of ether oxygens (including phenoxy) is 3. The maximum Gasteiger partial charge on any atom is 0.338 e. The highest BCUT2D eigenvalue weighted by molar-refractivity contribution is 6.30. The van der Waals surface area contributed by atoms with Crippen LogP contribution in [0.15, 0.2) is 42.5 Å². The van der Waals surface area contributed by atoms with Gasteiger partial charge in [0.25, 0.3) is 11.7 Å². The van der Waals surface area contributed by atoms with Crippen LogP contribution in [-0.2, 0) is 9.53 Å². The zero-order valence-corrected chi connectivity index (χ0v) is 16.0. The van der Waals surface area contributed by atoms with Gasteiger partial charge in [-0.05, 0) is 49.2 Å². The molecule has 1 aliphatic carbocycles. The van der Waals surface area contributed by atoms with Crippen LogP contribution in [0.1, 0.15) is 42.5 Å². The van der Waals surface area contributed by atoms with E-state index in [4.69, 9.17) is 25.8 Å². The molecule has 146 valence electrons. The third kappa shape index (κ3) is 4.07. The number of benzene rings is 2. The molecule has 1 N–H and O–H groups in total. The van der Waals surface area contributed by atoms with Crippen molar-refractivity contribution in [1.29, 1.82) is 0 Å². The van der Waals surface area contributed by atoms with E-state index in [0.29, 0.717) is 27.8 Å². The summed E-state index contributed by atoms with van der Waals surface area (Å²) in [4.78, 5) is 24.1. The molecule has 2 aliphatic rings. The number of carbonyl (C=O) groups is 2. The van der Waals surface area contributed by atoms with Crippen LogP contribution in [0.5, 0.6) is 11.5 Å². The second-order valence-electron chi connectivity index (χ2n) is 6.97. The van der Waals surface area contributed by atoms with Crippen molar-refractivity contribution in [2.45, 2.75) is 37.9 Å². The van der Waals surface area contributed by atoms with E-state index in [1.54, 1.807) is 42.5 Å². The molecular weight excluding hydrogens is 382 g/mol. The van der Waals surface area contributed by atoms with E-state index in [1.807, 2.05) is 0 Å². The molecule has 1 heterocycles. The number of amides is 1. The lowest BCUT2D eigenvalue weighted by Crippen LogP contribution is -2.40. The van der Waals surface area contributed by atoms with Crippen LogP contribution in [0.4, 0.5) is 5.69 Å². The summed E-state index contributed by atoms with van der Waals surface area (Å²) >= 11 is 5.79. The van der Waals surface area contributed by atoms with Crippen molar-refractivity contribution < 1.29 is 23.8 Å². The molecule has 2 aromatic carbocycles. The molecule has 1 amide bonds. The number of hydrogen-bond donors (Lipinski definition) is 1. The number of rotatable bonds is 4. The van der Waals surface area contributed by atoms with Gasteiger partial charge in [-0.15, -0.1) is 0 Å². The maximum absolute atomic E-state index is 12.1. The molecule has 0 atom stereocenters. The number of esters is 1. The molecule has 2 aromatic rings. The molecule has 0 aromatic heterocycles. The second kappa shape index (κ2) is 7.72. The first-order valence-corrected chi connectivity index (χ1v) is 9.65. The van der Waals surface area contributed by atoms with Crippen LogP contribution in [0.3, 0.4) is 0 Å². The minimum atomic E-state index is -0.586. The lowest BCUT2D eigenvalue weighted by molar-refractivity contribution is -0.119. The average molecular weight is 402 g/mol. The first kappa shape index (κ1) is 18.6. The van der Waals surface area contributed by atoms with Crippen molar-refractivity contribution in [3.8, 4) is 11.5 Å². The van der Waals surface area contributed by atoms with Crippen LogP contribution < -0.4 is 14.8 Å². The minimum absolute atomic E-state index is 0.332. The fourth-order valence-corrected chi connectivity index (χ4v) is 3.59. The fraction of sp³-hybridized carbons (Fsp3) is 0.333. The molecule has 0 radical (unpaired) electrons. The van der Waals surface area contributed by atoms with Crippen molar-refractivity contribution in [3.05, 3.63) is 53.1 Å². The third-order valence-electron chi connectivity index (χ3n) is 4.85. The zero-order chi connectivity index (χ0) is 19.6.